The van der Waals surface area contributed by atoms with Gasteiger partial charge in [0.2, 0.25) is 0 Å². The van der Waals surface area contributed by atoms with E-state index in [9.17, 15) is 13.2 Å². The Kier molecular flexibility index (Phi) is 3.25. The molecule has 0 aromatic heterocycles. The van der Waals surface area contributed by atoms with Crippen LogP contribution in [0, 0.1) is 5.41 Å². The number of nitrogens with zero attached hydrogens (tertiary/aromatic N) is 1. The molecule has 1 aliphatic heterocycles. The fourth-order valence-electron chi connectivity index (χ4n) is 1.15. The van der Waals surface area contributed by atoms with Crippen LogP contribution in [0.2, 0.25) is 0 Å². The minimum Gasteiger partial charge on any atom is -0.309 e. The van der Waals surface area contributed by atoms with E-state index in [0.29, 0.717) is 0 Å². The van der Waals surface area contributed by atoms with Crippen LogP contribution in [0.4, 0.5) is 0 Å². The van der Waals surface area contributed by atoms with Crippen LogP contribution in [-0.4, -0.2) is 31.4 Å². The van der Waals surface area contributed by atoms with Crippen molar-refractivity contribution in [3.05, 3.63) is 23.9 Å². The van der Waals surface area contributed by atoms with Crippen molar-refractivity contribution in [1.29, 1.82) is 5.41 Å². The monoisotopic (exact) mass is 229 g/mol. The molecule has 0 bridgehead atoms. The summed E-state index contributed by atoms with van der Waals surface area (Å²) in [5, 5.41) is 6.89. The van der Waals surface area contributed by atoms with E-state index in [2.05, 4.69) is 0 Å². The number of carbonyl (C=O) groups excluding carboxylic acids is 1. The SMILES string of the molecule is C/C=C\C(=C/C=N)N1CC(=O)NS1(=O)=O. The molecule has 1 heterocycles. The third-order valence-corrected chi connectivity index (χ3v) is 3.11. The molecule has 0 aromatic carbocycles. The highest BCUT2D eigenvalue weighted by Gasteiger charge is 2.34. The van der Waals surface area contributed by atoms with E-state index in [-0.39, 0.29) is 12.2 Å². The highest BCUT2D eigenvalue weighted by molar-refractivity contribution is 7.88. The van der Waals surface area contributed by atoms with Gasteiger partial charge in [-0.25, -0.2) is 9.03 Å². The van der Waals surface area contributed by atoms with Crippen LogP contribution in [0.5, 0.6) is 0 Å². The van der Waals surface area contributed by atoms with E-state index < -0.39 is 16.1 Å². The summed E-state index contributed by atoms with van der Waals surface area (Å²) in [4.78, 5) is 10.9. The van der Waals surface area contributed by atoms with Gasteiger partial charge < -0.3 is 5.41 Å². The highest BCUT2D eigenvalue weighted by Crippen LogP contribution is 2.14. The fourth-order valence-corrected chi connectivity index (χ4v) is 2.30. The molecular weight excluding hydrogens is 218 g/mol. The van der Waals surface area contributed by atoms with Crippen molar-refractivity contribution < 1.29 is 13.2 Å². The van der Waals surface area contributed by atoms with Gasteiger partial charge in [-0.15, -0.1) is 0 Å². The maximum Gasteiger partial charge on any atom is 0.326 e. The summed E-state index contributed by atoms with van der Waals surface area (Å²) in [5.41, 5.74) is 0.283. The third-order valence-electron chi connectivity index (χ3n) is 1.70. The molecular formula is C8H11N3O3S. The average molecular weight is 229 g/mol. The standard InChI is InChI=1S/C8H11N3O3S/c1-2-3-7(4-5-9)11-6-8(12)10-15(11,13)14/h2-5,9H,6H2,1H3,(H,10,12)/b3-2-,7-4+,9-5?. The van der Waals surface area contributed by atoms with Crippen LogP contribution in [0.15, 0.2) is 23.9 Å². The van der Waals surface area contributed by atoms with Gasteiger partial charge in [0.15, 0.2) is 0 Å². The summed E-state index contributed by atoms with van der Waals surface area (Å²) < 4.78 is 25.6. The molecule has 1 rings (SSSR count). The van der Waals surface area contributed by atoms with Crippen molar-refractivity contribution in [3.8, 4) is 0 Å². The number of allylic oxidation sites excluding steroid dienone is 3. The molecule has 0 radical (unpaired) electrons. The predicted octanol–water partition coefficient (Wildman–Crippen LogP) is -0.227. The Morgan fingerprint density at radius 2 is 2.27 bits per heavy atom. The van der Waals surface area contributed by atoms with Crippen LogP contribution in [-0.2, 0) is 15.0 Å². The van der Waals surface area contributed by atoms with Crippen molar-refractivity contribution in [2.24, 2.45) is 0 Å². The van der Waals surface area contributed by atoms with Crippen molar-refractivity contribution in [2.45, 2.75) is 6.92 Å². The molecule has 0 spiro atoms. The van der Waals surface area contributed by atoms with Gasteiger partial charge in [0.05, 0.1) is 5.70 Å². The molecule has 15 heavy (non-hydrogen) atoms. The lowest BCUT2D eigenvalue weighted by molar-refractivity contribution is -0.118. The lowest BCUT2D eigenvalue weighted by Gasteiger charge is -2.14. The number of amides is 1. The Bertz CT molecular complexity index is 436. The molecule has 2 N–H and O–H groups in total. The molecule has 7 heteroatoms. The normalized spacial score (nSPS) is 20.7. The number of carbonyl (C=O) groups is 1. The zero-order chi connectivity index (χ0) is 11.5. The molecule has 1 fully saturated rings. The number of nitrogens with one attached hydrogen (secondary N) is 2. The molecule has 1 aliphatic rings. The molecule has 1 saturated heterocycles. The topological polar surface area (TPSA) is 90.3 Å². The van der Waals surface area contributed by atoms with Gasteiger partial charge in [-0.2, -0.15) is 8.42 Å². The first-order valence-corrected chi connectivity index (χ1v) is 5.62. The zero-order valence-corrected chi connectivity index (χ0v) is 8.91. The van der Waals surface area contributed by atoms with Gasteiger partial charge in [-0.1, -0.05) is 6.08 Å². The number of rotatable bonds is 3. The summed E-state index contributed by atoms with van der Waals surface area (Å²) in [6.07, 6.45) is 5.42. The zero-order valence-electron chi connectivity index (χ0n) is 8.10. The Balaban J connectivity index is 3.10. The number of hydrogen-bond acceptors (Lipinski definition) is 4. The number of hydrogen-bond donors (Lipinski definition) is 2. The maximum atomic E-state index is 11.4. The Hall–Kier alpha value is -1.63. The minimum atomic E-state index is -3.77. The summed E-state index contributed by atoms with van der Waals surface area (Å²) in [5.74, 6) is -0.574. The molecule has 0 aromatic rings. The van der Waals surface area contributed by atoms with Gasteiger partial charge in [-0.3, -0.25) is 4.79 Å². The minimum absolute atomic E-state index is 0.244. The largest absolute Gasteiger partial charge is 0.326 e. The van der Waals surface area contributed by atoms with Gasteiger partial charge >= 0.3 is 10.2 Å². The molecule has 0 aliphatic carbocycles. The van der Waals surface area contributed by atoms with E-state index >= 15 is 0 Å². The van der Waals surface area contributed by atoms with Crippen molar-refractivity contribution >= 4 is 22.3 Å². The van der Waals surface area contributed by atoms with Crippen molar-refractivity contribution in [2.75, 3.05) is 6.54 Å². The second kappa shape index (κ2) is 4.26. The average Bonchev–Trinajstić information content (AvgIpc) is 2.39. The van der Waals surface area contributed by atoms with Gasteiger partial charge in [-0.05, 0) is 19.1 Å². The third kappa shape index (κ3) is 2.44. The van der Waals surface area contributed by atoms with Crippen LogP contribution < -0.4 is 4.72 Å². The molecule has 82 valence electrons. The lowest BCUT2D eigenvalue weighted by Crippen LogP contribution is -2.28. The van der Waals surface area contributed by atoms with Crippen LogP contribution in [0.3, 0.4) is 0 Å². The molecule has 6 nitrogen and oxygen atoms in total. The highest BCUT2D eigenvalue weighted by atomic mass is 32.2. The summed E-state index contributed by atoms with van der Waals surface area (Å²) in [6.45, 7) is 1.47. The molecule has 0 unspecified atom stereocenters. The summed E-state index contributed by atoms with van der Waals surface area (Å²) in [6, 6.07) is 0. The van der Waals surface area contributed by atoms with Gasteiger partial charge in [0, 0.05) is 6.21 Å². The fraction of sp³-hybridized carbons (Fsp3) is 0.250. The maximum absolute atomic E-state index is 11.4. The van der Waals surface area contributed by atoms with Crippen molar-refractivity contribution in [1.82, 2.24) is 9.03 Å². The Labute approximate surface area is 88.0 Å². The molecule has 1 amide bonds. The van der Waals surface area contributed by atoms with Crippen molar-refractivity contribution in [3.63, 3.8) is 0 Å². The first-order chi connectivity index (χ1) is 7.01. The van der Waals surface area contributed by atoms with Crippen LogP contribution >= 0.6 is 0 Å². The van der Waals surface area contributed by atoms with Gasteiger partial charge in [0.1, 0.15) is 6.54 Å². The van der Waals surface area contributed by atoms with E-state index in [0.717, 1.165) is 10.5 Å². The van der Waals surface area contributed by atoms with E-state index in [4.69, 9.17) is 5.41 Å². The smallest absolute Gasteiger partial charge is 0.309 e. The van der Waals surface area contributed by atoms with E-state index in [1.807, 2.05) is 4.72 Å². The predicted molar refractivity (Wildman–Crippen MR) is 55.4 cm³/mol. The molecule has 0 saturated carbocycles. The van der Waals surface area contributed by atoms with E-state index in [1.165, 1.54) is 12.2 Å². The first-order valence-electron chi connectivity index (χ1n) is 4.18. The lowest BCUT2D eigenvalue weighted by atomic mass is 10.3. The Morgan fingerprint density at radius 1 is 1.60 bits per heavy atom. The van der Waals surface area contributed by atoms with Crippen LogP contribution in [0.1, 0.15) is 6.92 Å². The van der Waals surface area contributed by atoms with E-state index in [1.54, 1.807) is 13.0 Å². The van der Waals surface area contributed by atoms with Crippen LogP contribution in [0.25, 0.3) is 0 Å². The summed E-state index contributed by atoms with van der Waals surface area (Å²) in [7, 11) is -3.77. The second-order valence-electron chi connectivity index (χ2n) is 2.80. The second-order valence-corrected chi connectivity index (χ2v) is 4.39. The molecule has 0 atom stereocenters. The summed E-state index contributed by atoms with van der Waals surface area (Å²) >= 11 is 0. The Morgan fingerprint density at radius 3 is 2.67 bits per heavy atom. The quantitative estimate of drug-likeness (QED) is 0.517. The first kappa shape index (κ1) is 11.4. The van der Waals surface area contributed by atoms with Gasteiger partial charge in [0.25, 0.3) is 5.91 Å².